The molecule has 1 saturated heterocycles. The number of anilines is 1. The van der Waals surface area contributed by atoms with Gasteiger partial charge in [0.25, 0.3) is 0 Å². The molecule has 0 unspecified atom stereocenters. The average molecular weight is 795 g/mol. The van der Waals surface area contributed by atoms with E-state index in [2.05, 4.69) is 32.5 Å². The lowest BCUT2D eigenvalue weighted by atomic mass is 9.85. The van der Waals surface area contributed by atoms with E-state index in [1.165, 1.54) is 24.2 Å². The molecule has 2 aromatic heterocycles. The standard InChI is InChI=1S/C39H47FN6O9S/c1-7-20-17-39(20,35(50)51)45-33(48)26-15-22(18-46(26)34(49)32(38(3,4)5)44-37(52)55-21-11-9-10-12-21)54-28-16-24(25-19-56-36(42-25)43-29(47)8-2)41-31-23(28)13-14-27(53-6)30(31)40/h7,13-14,16,19-22,26,32H,1,8-12,15,17-18H2,2-6H3,(H,44,52)(H,45,48)(H,50,51)(H,42,43,47)/t20-,22-,26+,32-,39-/m1/s1. The van der Waals surface area contributed by atoms with Crippen LogP contribution in [-0.4, -0.2) is 93.2 Å². The summed E-state index contributed by atoms with van der Waals surface area (Å²) in [6.07, 6.45) is 3.24. The van der Waals surface area contributed by atoms with Crippen molar-refractivity contribution in [3.05, 3.63) is 42.1 Å². The van der Waals surface area contributed by atoms with E-state index in [4.69, 9.17) is 14.2 Å². The number of nitrogens with one attached hydrogen (secondary N) is 3. The molecule has 6 rings (SSSR count). The van der Waals surface area contributed by atoms with Crippen LogP contribution in [0.15, 0.2) is 36.2 Å². The minimum atomic E-state index is -1.57. The number of alkyl carbamates (subject to hydrolysis) is 1. The van der Waals surface area contributed by atoms with Crippen molar-refractivity contribution in [2.45, 2.75) is 102 Å². The van der Waals surface area contributed by atoms with Gasteiger partial charge in [-0.3, -0.25) is 14.4 Å². The van der Waals surface area contributed by atoms with Gasteiger partial charge in [0.2, 0.25) is 17.7 Å². The smallest absolute Gasteiger partial charge is 0.408 e. The number of carboxylic acids is 1. The quantitative estimate of drug-likeness (QED) is 0.161. The van der Waals surface area contributed by atoms with Crippen LogP contribution in [0.4, 0.5) is 14.3 Å². The SMILES string of the molecule is C=C[C@@H]1C[C@]1(NC(=O)[C@@H]1C[C@@H](Oc2cc(-c3csc(NC(=O)CC)n3)nc3c(F)c(OC)ccc23)CN1C(=O)[C@@H](NC(=O)OC1CCCC1)C(C)(C)C)C(=O)O. The Kier molecular flexibility index (Phi) is 11.6. The third kappa shape index (κ3) is 8.27. The number of hydrogen-bond acceptors (Lipinski definition) is 11. The Morgan fingerprint density at radius 2 is 1.86 bits per heavy atom. The maximum atomic E-state index is 15.8. The Labute approximate surface area is 327 Å². The molecular weight excluding hydrogens is 748 g/mol. The Bertz CT molecular complexity index is 2050. The Morgan fingerprint density at radius 1 is 1.12 bits per heavy atom. The largest absolute Gasteiger partial charge is 0.494 e. The molecule has 0 spiro atoms. The second kappa shape index (κ2) is 16.0. The van der Waals surface area contributed by atoms with E-state index >= 15 is 4.39 Å². The number of fused-ring (bicyclic) bond motifs is 1. The number of halogens is 1. The lowest BCUT2D eigenvalue weighted by molar-refractivity contribution is -0.146. The van der Waals surface area contributed by atoms with Gasteiger partial charge < -0.3 is 40.2 Å². The van der Waals surface area contributed by atoms with Gasteiger partial charge in [0.1, 0.15) is 46.8 Å². The maximum absolute atomic E-state index is 15.8. The number of rotatable bonds is 13. The highest BCUT2D eigenvalue weighted by Crippen LogP contribution is 2.45. The van der Waals surface area contributed by atoms with Gasteiger partial charge in [-0.25, -0.2) is 23.9 Å². The van der Waals surface area contributed by atoms with E-state index in [0.29, 0.717) is 10.8 Å². The first kappa shape index (κ1) is 40.3. The van der Waals surface area contributed by atoms with Gasteiger partial charge in [-0.1, -0.05) is 33.8 Å². The number of amides is 4. The summed E-state index contributed by atoms with van der Waals surface area (Å²) in [5.41, 5.74) is -1.95. The Morgan fingerprint density at radius 3 is 2.48 bits per heavy atom. The first-order valence-corrected chi connectivity index (χ1v) is 19.5. The van der Waals surface area contributed by atoms with Gasteiger partial charge in [-0.15, -0.1) is 17.9 Å². The predicted molar refractivity (Wildman–Crippen MR) is 205 cm³/mol. The van der Waals surface area contributed by atoms with Crippen LogP contribution in [0.1, 0.15) is 72.6 Å². The number of aromatic nitrogens is 2. The number of ether oxygens (including phenoxy) is 3. The zero-order chi connectivity index (χ0) is 40.5. The average Bonchev–Trinajstić information content (AvgIpc) is 3.57. The van der Waals surface area contributed by atoms with Crippen LogP contribution >= 0.6 is 11.3 Å². The van der Waals surface area contributed by atoms with Crippen molar-refractivity contribution in [1.82, 2.24) is 25.5 Å². The molecule has 0 bridgehead atoms. The fraction of sp³-hybridized carbons (Fsp3) is 0.513. The van der Waals surface area contributed by atoms with Crippen molar-refractivity contribution in [3.63, 3.8) is 0 Å². The molecule has 15 nitrogen and oxygen atoms in total. The first-order chi connectivity index (χ1) is 26.6. The van der Waals surface area contributed by atoms with Crippen LogP contribution in [0.25, 0.3) is 22.3 Å². The topological polar surface area (TPSA) is 198 Å². The molecule has 4 amide bonds. The maximum Gasteiger partial charge on any atom is 0.408 e. The summed E-state index contributed by atoms with van der Waals surface area (Å²) in [6.45, 7) is 10.6. The lowest BCUT2D eigenvalue weighted by Crippen LogP contribution is -2.59. The first-order valence-electron chi connectivity index (χ1n) is 18.6. The molecule has 0 radical (unpaired) electrons. The number of likely N-dealkylation sites (tertiary alicyclic amines) is 1. The number of nitrogens with zero attached hydrogens (tertiary/aromatic N) is 3. The number of hydrogen-bond donors (Lipinski definition) is 4. The van der Waals surface area contributed by atoms with Crippen LogP contribution in [0.2, 0.25) is 0 Å². The normalized spacial score (nSPS) is 22.6. The summed E-state index contributed by atoms with van der Waals surface area (Å²) in [4.78, 5) is 76.4. The highest BCUT2D eigenvalue weighted by Gasteiger charge is 2.61. The van der Waals surface area contributed by atoms with Gasteiger partial charge in [0.15, 0.2) is 16.7 Å². The summed E-state index contributed by atoms with van der Waals surface area (Å²) >= 11 is 1.16. The summed E-state index contributed by atoms with van der Waals surface area (Å²) in [5.74, 6) is -3.92. The molecule has 56 heavy (non-hydrogen) atoms. The molecule has 3 heterocycles. The number of carboxylic acid groups (broad SMARTS) is 1. The van der Waals surface area contributed by atoms with Crippen LogP contribution in [-0.2, 0) is 23.9 Å². The minimum Gasteiger partial charge on any atom is -0.494 e. The molecule has 3 aromatic rings. The third-order valence-corrected chi connectivity index (χ3v) is 11.3. The van der Waals surface area contributed by atoms with Gasteiger partial charge >= 0.3 is 12.1 Å². The second-order valence-corrected chi connectivity index (χ2v) is 16.3. The van der Waals surface area contributed by atoms with E-state index in [1.54, 1.807) is 45.2 Å². The molecule has 5 atom stereocenters. The molecule has 1 aliphatic heterocycles. The number of aliphatic carboxylic acids is 1. The van der Waals surface area contributed by atoms with Crippen molar-refractivity contribution in [1.29, 1.82) is 0 Å². The zero-order valence-electron chi connectivity index (χ0n) is 32.0. The number of carbonyl (C=O) groups excluding carboxylic acids is 4. The molecule has 3 fully saturated rings. The summed E-state index contributed by atoms with van der Waals surface area (Å²) in [6, 6.07) is 2.22. The van der Waals surface area contributed by atoms with Crippen LogP contribution in [0.3, 0.4) is 0 Å². The highest BCUT2D eigenvalue weighted by molar-refractivity contribution is 7.14. The zero-order valence-corrected chi connectivity index (χ0v) is 32.8. The highest BCUT2D eigenvalue weighted by atomic mass is 32.1. The van der Waals surface area contributed by atoms with Crippen molar-refractivity contribution in [2.75, 3.05) is 19.0 Å². The van der Waals surface area contributed by atoms with E-state index in [-0.39, 0.29) is 65.9 Å². The second-order valence-electron chi connectivity index (χ2n) is 15.5. The van der Waals surface area contributed by atoms with E-state index in [1.807, 2.05) is 0 Å². The van der Waals surface area contributed by atoms with Crippen LogP contribution in [0, 0.1) is 17.2 Å². The van der Waals surface area contributed by atoms with Gasteiger partial charge in [0, 0.05) is 35.6 Å². The van der Waals surface area contributed by atoms with Gasteiger partial charge in [0.05, 0.1) is 19.3 Å². The fourth-order valence-corrected chi connectivity index (χ4v) is 7.97. The van der Waals surface area contributed by atoms with Crippen LogP contribution < -0.4 is 25.4 Å². The van der Waals surface area contributed by atoms with E-state index < -0.39 is 64.8 Å². The number of pyridine rings is 1. The Balaban J connectivity index is 1.34. The number of thiazole rings is 1. The van der Waals surface area contributed by atoms with Gasteiger partial charge in [-0.05, 0) is 49.7 Å². The van der Waals surface area contributed by atoms with Crippen molar-refractivity contribution in [3.8, 4) is 22.9 Å². The Hall–Kier alpha value is -5.32. The number of carbonyl (C=O) groups is 5. The van der Waals surface area contributed by atoms with E-state index in [9.17, 15) is 29.1 Å². The lowest BCUT2D eigenvalue weighted by Gasteiger charge is -2.35. The van der Waals surface area contributed by atoms with Crippen molar-refractivity contribution in [2.24, 2.45) is 11.3 Å². The summed E-state index contributed by atoms with van der Waals surface area (Å²) in [5, 5.41) is 20.4. The molecule has 3 aliphatic rings. The van der Waals surface area contributed by atoms with Crippen molar-refractivity contribution >= 4 is 57.2 Å². The molecular formula is C39H47FN6O9S. The molecule has 17 heteroatoms. The fourth-order valence-electron chi connectivity index (χ4n) is 7.25. The van der Waals surface area contributed by atoms with Crippen molar-refractivity contribution < 1.29 is 47.7 Å². The number of benzene rings is 1. The minimum absolute atomic E-state index is 0.0610. The van der Waals surface area contributed by atoms with E-state index in [0.717, 1.165) is 37.0 Å². The van der Waals surface area contributed by atoms with Crippen LogP contribution in [0.5, 0.6) is 11.5 Å². The monoisotopic (exact) mass is 794 g/mol. The molecule has 2 saturated carbocycles. The van der Waals surface area contributed by atoms with Gasteiger partial charge in [-0.2, -0.15) is 0 Å². The predicted octanol–water partition coefficient (Wildman–Crippen LogP) is 5.43. The molecule has 2 aliphatic carbocycles. The number of methoxy groups -OCH3 is 1. The summed E-state index contributed by atoms with van der Waals surface area (Å²) < 4.78 is 33.2. The molecule has 300 valence electrons. The molecule has 4 N–H and O–H groups in total. The molecule has 1 aromatic carbocycles. The third-order valence-electron chi connectivity index (χ3n) is 10.5. The summed E-state index contributed by atoms with van der Waals surface area (Å²) in [7, 11) is 1.32.